The fourth-order valence-corrected chi connectivity index (χ4v) is 5.32. The first kappa shape index (κ1) is 22.0. The van der Waals surface area contributed by atoms with Crippen molar-refractivity contribution in [2.75, 3.05) is 19.7 Å². The first-order valence-corrected chi connectivity index (χ1v) is 12.2. The fraction of sp³-hybridized carbons (Fsp3) is 0.520. The molecule has 0 spiro atoms. The highest BCUT2D eigenvalue weighted by molar-refractivity contribution is 7.08. The topological polar surface area (TPSA) is 58.6 Å². The van der Waals surface area contributed by atoms with Crippen LogP contribution in [0.5, 0.6) is 0 Å². The van der Waals surface area contributed by atoms with Gasteiger partial charge in [-0.3, -0.25) is 9.59 Å². The van der Waals surface area contributed by atoms with Gasteiger partial charge in [-0.05, 0) is 79.5 Å². The van der Waals surface area contributed by atoms with Gasteiger partial charge in [-0.25, -0.2) is 0 Å². The van der Waals surface area contributed by atoms with E-state index in [0.717, 1.165) is 24.8 Å². The molecule has 0 saturated carbocycles. The van der Waals surface area contributed by atoms with E-state index in [1.54, 1.807) is 11.3 Å². The van der Waals surface area contributed by atoms with Crippen LogP contribution in [0.2, 0.25) is 0 Å². The summed E-state index contributed by atoms with van der Waals surface area (Å²) in [5, 5.41) is 7.33. The van der Waals surface area contributed by atoms with E-state index in [4.69, 9.17) is 4.74 Å². The Morgan fingerprint density at radius 3 is 2.65 bits per heavy atom. The number of ether oxygens (including phenoxy) is 1. The Bertz CT molecular complexity index is 888. The quantitative estimate of drug-likeness (QED) is 0.730. The second-order valence-electron chi connectivity index (χ2n) is 9.16. The minimum Gasteiger partial charge on any atom is -0.368 e. The Balaban J connectivity index is 1.51. The first-order valence-electron chi connectivity index (χ1n) is 11.3. The van der Waals surface area contributed by atoms with Crippen molar-refractivity contribution in [2.24, 2.45) is 5.41 Å². The van der Waals surface area contributed by atoms with Crippen LogP contribution < -0.4 is 5.32 Å². The maximum Gasteiger partial charge on any atom is 0.251 e. The van der Waals surface area contributed by atoms with Crippen LogP contribution in [-0.4, -0.2) is 48.6 Å². The number of likely N-dealkylation sites (tertiary alicyclic amines) is 1. The van der Waals surface area contributed by atoms with E-state index in [1.807, 2.05) is 18.7 Å². The first-order chi connectivity index (χ1) is 15.0. The molecule has 6 heteroatoms. The number of nitrogens with zero attached hydrogens (tertiary/aromatic N) is 1. The summed E-state index contributed by atoms with van der Waals surface area (Å²) in [4.78, 5) is 28.2. The van der Waals surface area contributed by atoms with Crippen LogP contribution in [0.4, 0.5) is 0 Å². The van der Waals surface area contributed by atoms with Gasteiger partial charge in [-0.2, -0.15) is 11.3 Å². The zero-order valence-electron chi connectivity index (χ0n) is 18.4. The summed E-state index contributed by atoms with van der Waals surface area (Å²) in [6.07, 6.45) is 3.79. The molecule has 0 aliphatic carbocycles. The molecule has 3 heterocycles. The van der Waals surface area contributed by atoms with Crippen molar-refractivity contribution in [3.05, 3.63) is 46.7 Å². The molecule has 0 bridgehead atoms. The molecule has 31 heavy (non-hydrogen) atoms. The molecule has 2 aliphatic rings. The molecule has 0 radical (unpaired) electrons. The summed E-state index contributed by atoms with van der Waals surface area (Å²) in [6, 6.07) is 10.7. The second-order valence-corrected chi connectivity index (χ2v) is 9.94. The van der Waals surface area contributed by atoms with E-state index in [1.165, 1.54) is 11.1 Å². The third-order valence-corrected chi connectivity index (χ3v) is 7.06. The number of rotatable bonds is 6. The van der Waals surface area contributed by atoms with Crippen LogP contribution in [0.3, 0.4) is 0 Å². The lowest BCUT2D eigenvalue weighted by Gasteiger charge is -2.31. The SMILES string of the molecule is CC(C)NC(=O)[C@]1(Cc2ccc(-c3ccsc3)cc2)CCN(C(=O)[C@@H]2CCCCO2)C1. The molecule has 2 saturated heterocycles. The highest BCUT2D eigenvalue weighted by Gasteiger charge is 2.47. The fourth-order valence-electron chi connectivity index (χ4n) is 4.66. The maximum absolute atomic E-state index is 13.3. The molecule has 166 valence electrons. The molecule has 1 aromatic carbocycles. The lowest BCUT2D eigenvalue weighted by Crippen LogP contribution is -2.48. The van der Waals surface area contributed by atoms with E-state index in [2.05, 4.69) is 46.4 Å². The highest BCUT2D eigenvalue weighted by atomic mass is 32.1. The highest BCUT2D eigenvalue weighted by Crippen LogP contribution is 2.36. The summed E-state index contributed by atoms with van der Waals surface area (Å²) in [5.74, 6) is 0.0935. The van der Waals surface area contributed by atoms with Crippen LogP contribution in [0.25, 0.3) is 11.1 Å². The standard InChI is InChI=1S/C25H32N2O3S/c1-18(2)26-24(29)25(11-12-27(17-25)23(28)22-5-3-4-13-30-22)15-19-6-8-20(9-7-19)21-10-14-31-16-21/h6-10,14,16,18,22H,3-5,11-13,15,17H2,1-2H3,(H,26,29)/t22-,25-/m0/s1. The predicted molar refractivity (Wildman–Crippen MR) is 124 cm³/mol. The number of amides is 2. The van der Waals surface area contributed by atoms with E-state index in [9.17, 15) is 9.59 Å². The zero-order valence-corrected chi connectivity index (χ0v) is 19.2. The van der Waals surface area contributed by atoms with Gasteiger partial charge < -0.3 is 15.0 Å². The Kier molecular flexibility index (Phi) is 6.77. The molecule has 2 amide bonds. The van der Waals surface area contributed by atoms with E-state index in [0.29, 0.717) is 32.5 Å². The van der Waals surface area contributed by atoms with E-state index in [-0.39, 0.29) is 24.0 Å². The molecular formula is C25H32N2O3S. The van der Waals surface area contributed by atoms with Gasteiger partial charge in [0, 0.05) is 25.7 Å². The zero-order chi connectivity index (χ0) is 21.8. The second kappa shape index (κ2) is 9.53. The van der Waals surface area contributed by atoms with Crippen LogP contribution in [0.1, 0.15) is 45.1 Å². The minimum absolute atomic E-state index is 0.0456. The lowest BCUT2D eigenvalue weighted by molar-refractivity contribution is -0.146. The molecule has 2 aliphatic heterocycles. The van der Waals surface area contributed by atoms with Crippen molar-refractivity contribution in [3.8, 4) is 11.1 Å². The number of carbonyl (C=O) groups is 2. The van der Waals surface area contributed by atoms with E-state index < -0.39 is 5.41 Å². The van der Waals surface area contributed by atoms with Crippen LogP contribution in [0.15, 0.2) is 41.1 Å². The van der Waals surface area contributed by atoms with Crippen molar-refractivity contribution in [1.82, 2.24) is 10.2 Å². The Labute approximate surface area is 188 Å². The van der Waals surface area contributed by atoms with Gasteiger partial charge in [-0.1, -0.05) is 24.3 Å². The van der Waals surface area contributed by atoms with Gasteiger partial charge in [-0.15, -0.1) is 0 Å². The third-order valence-electron chi connectivity index (χ3n) is 6.37. The van der Waals surface area contributed by atoms with Crippen molar-refractivity contribution in [3.63, 3.8) is 0 Å². The number of hydrogen-bond acceptors (Lipinski definition) is 4. The van der Waals surface area contributed by atoms with Crippen molar-refractivity contribution >= 4 is 23.2 Å². The smallest absolute Gasteiger partial charge is 0.251 e. The van der Waals surface area contributed by atoms with Gasteiger partial charge in [0.25, 0.3) is 5.91 Å². The summed E-state index contributed by atoms with van der Waals surface area (Å²) < 4.78 is 5.72. The molecule has 0 unspecified atom stereocenters. The summed E-state index contributed by atoms with van der Waals surface area (Å²) in [6.45, 7) is 5.68. The summed E-state index contributed by atoms with van der Waals surface area (Å²) >= 11 is 1.69. The average molecular weight is 441 g/mol. The van der Waals surface area contributed by atoms with Crippen molar-refractivity contribution in [1.29, 1.82) is 0 Å². The molecule has 2 atom stereocenters. The van der Waals surface area contributed by atoms with Gasteiger partial charge in [0.15, 0.2) is 0 Å². The molecule has 4 rings (SSSR count). The molecule has 1 aromatic heterocycles. The third kappa shape index (κ3) is 5.01. The number of nitrogens with one attached hydrogen (secondary N) is 1. The Morgan fingerprint density at radius 1 is 1.19 bits per heavy atom. The van der Waals surface area contributed by atoms with Gasteiger partial charge in [0.2, 0.25) is 5.91 Å². The lowest BCUT2D eigenvalue weighted by atomic mass is 9.79. The Morgan fingerprint density at radius 2 is 2.00 bits per heavy atom. The van der Waals surface area contributed by atoms with Crippen LogP contribution in [-0.2, 0) is 20.7 Å². The molecule has 1 N–H and O–H groups in total. The largest absolute Gasteiger partial charge is 0.368 e. The molecule has 2 aromatic rings. The monoisotopic (exact) mass is 440 g/mol. The Hall–Kier alpha value is -2.18. The molecule has 5 nitrogen and oxygen atoms in total. The van der Waals surface area contributed by atoms with Crippen LogP contribution in [0, 0.1) is 5.41 Å². The van der Waals surface area contributed by atoms with E-state index >= 15 is 0 Å². The van der Waals surface area contributed by atoms with Crippen molar-refractivity contribution < 1.29 is 14.3 Å². The summed E-state index contributed by atoms with van der Waals surface area (Å²) in [5.41, 5.74) is 2.93. The van der Waals surface area contributed by atoms with Gasteiger partial charge in [0.05, 0.1) is 5.41 Å². The predicted octanol–water partition coefficient (Wildman–Crippen LogP) is 4.27. The number of hydrogen-bond donors (Lipinski definition) is 1. The maximum atomic E-state index is 13.3. The van der Waals surface area contributed by atoms with Crippen LogP contribution >= 0.6 is 11.3 Å². The normalized spacial score (nSPS) is 23.8. The summed E-state index contributed by atoms with van der Waals surface area (Å²) in [7, 11) is 0. The number of thiophene rings is 1. The average Bonchev–Trinajstić information content (AvgIpc) is 3.45. The number of benzene rings is 1. The molecular weight excluding hydrogens is 408 g/mol. The van der Waals surface area contributed by atoms with Gasteiger partial charge in [0.1, 0.15) is 6.10 Å². The van der Waals surface area contributed by atoms with Crippen molar-refractivity contribution in [2.45, 2.75) is 58.1 Å². The number of carbonyl (C=O) groups excluding carboxylic acids is 2. The minimum atomic E-state index is -0.599. The van der Waals surface area contributed by atoms with Gasteiger partial charge >= 0.3 is 0 Å². The molecule has 2 fully saturated rings.